The van der Waals surface area contributed by atoms with Gasteiger partial charge in [-0.2, -0.15) is 0 Å². The number of likely N-dealkylation sites (tertiary alicyclic amines) is 2. The number of amides is 5. The van der Waals surface area contributed by atoms with Crippen LogP contribution in [0.25, 0.3) is 0 Å². The van der Waals surface area contributed by atoms with Gasteiger partial charge in [-0.25, -0.2) is 9.06 Å². The smallest absolute Gasteiger partial charge is 0.249 e. The molecule has 0 aromatic carbocycles. The monoisotopic (exact) mass is 858 g/mol. The van der Waals surface area contributed by atoms with Gasteiger partial charge in [-0.1, -0.05) is 72.8 Å². The van der Waals surface area contributed by atoms with E-state index in [-0.39, 0.29) is 72.4 Å². The summed E-state index contributed by atoms with van der Waals surface area (Å²) in [6, 6.07) is -2.58. The molecule has 8 atom stereocenters. The summed E-state index contributed by atoms with van der Waals surface area (Å²) in [5, 5.41) is 9.36. The zero-order valence-electron chi connectivity index (χ0n) is 37.3. The Bertz CT molecular complexity index is 1680. The van der Waals surface area contributed by atoms with E-state index < -0.39 is 41.2 Å². The highest BCUT2D eigenvalue weighted by atomic mass is 31.1. The lowest BCUT2D eigenvalue weighted by atomic mass is 9.73. The average Bonchev–Trinajstić information content (AvgIpc) is 3.75. The van der Waals surface area contributed by atoms with Crippen LogP contribution >= 0.6 is 8.61 Å². The number of carbonyl (C=O) groups excluding carboxylic acids is 5. The highest BCUT2D eigenvalue weighted by Crippen LogP contribution is 2.88. The summed E-state index contributed by atoms with van der Waals surface area (Å²) in [5.41, 5.74) is 3.70. The van der Waals surface area contributed by atoms with Crippen molar-refractivity contribution in [3.05, 3.63) is 12.7 Å². The quantitative estimate of drug-likeness (QED) is 0.149. The van der Waals surface area contributed by atoms with Crippen molar-refractivity contribution in [2.24, 2.45) is 39.2 Å². The van der Waals surface area contributed by atoms with E-state index in [2.05, 4.69) is 55.1 Å². The largest absolute Gasteiger partial charge is 0.368 e. The van der Waals surface area contributed by atoms with Crippen molar-refractivity contribution >= 4 is 38.1 Å². The number of hydrogen-bond donors (Lipinski definition) is 4. The number of halogens is 1. The number of alkyl halides is 1. The van der Waals surface area contributed by atoms with E-state index in [1.807, 2.05) is 20.8 Å². The van der Waals surface area contributed by atoms with Crippen LogP contribution in [-0.4, -0.2) is 112 Å². The second kappa shape index (κ2) is 17.7. The van der Waals surface area contributed by atoms with E-state index in [1.54, 1.807) is 15.6 Å². The molecule has 5 N–H and O–H groups in total. The standard InChI is InChI=1S/C41H66N6O5.C4H7FNOP/c1-9-27-22-41(27,36(42)52)45-33(49)29-23-40(38(7,8)39(40)19-15-20-39)24-47(29)35(51)31(37(4,5)6)44-34(50)30(26-16-11-10-12-17-26)43-32(48)28-18-13-14-21-46(28)25(2)3;5-4-1-2-6(3-4)8-7/h9,25-31H,1,10-24H2,2-8H3,(H2,42,52)(H,43,48)(H,44,50)(H,45,49);4H,1-3H2/t27-,28+,29?,30?,31-,40?,41-;/m1./s1. The zero-order chi connectivity index (χ0) is 44.0. The summed E-state index contributed by atoms with van der Waals surface area (Å²) in [6.07, 6.45) is 13.2. The van der Waals surface area contributed by atoms with Gasteiger partial charge in [-0.15, -0.1) is 6.58 Å². The number of nitrogens with two attached hydrogens (primary N) is 1. The predicted molar refractivity (Wildman–Crippen MR) is 229 cm³/mol. The molecule has 15 heteroatoms. The van der Waals surface area contributed by atoms with Crippen molar-refractivity contribution in [1.29, 1.82) is 0 Å². The van der Waals surface area contributed by atoms with E-state index in [0.717, 1.165) is 77.2 Å². The molecule has 0 aromatic rings. The minimum atomic E-state index is -1.19. The van der Waals surface area contributed by atoms with Gasteiger partial charge >= 0.3 is 0 Å². The van der Waals surface area contributed by atoms with E-state index in [4.69, 9.17) is 5.73 Å². The van der Waals surface area contributed by atoms with Crippen LogP contribution in [0.5, 0.6) is 0 Å². The van der Waals surface area contributed by atoms with E-state index in [9.17, 15) is 28.1 Å². The highest BCUT2D eigenvalue weighted by molar-refractivity contribution is 7.20. The Morgan fingerprint density at radius 2 is 1.53 bits per heavy atom. The van der Waals surface area contributed by atoms with Gasteiger partial charge < -0.3 is 26.6 Å². The van der Waals surface area contributed by atoms with Crippen molar-refractivity contribution in [3.8, 4) is 0 Å². The SMILES string of the molecule is C=C[C@@H]1C[C@]1(NC(=O)C1CC2(CN1C(=O)[C@@H](NC(=O)C(NC(=O)[C@@H]1CCCCN1C(C)C)C1CCCCC1)C(C)(C)C)C(C)(C)C21CCC1)C(N)=O.O=PN1CCC(F)C1. The number of nitrogens with zero attached hydrogens (tertiary/aromatic N) is 3. The zero-order valence-corrected chi connectivity index (χ0v) is 38.2. The molecule has 3 heterocycles. The van der Waals surface area contributed by atoms with Crippen LogP contribution in [-0.2, 0) is 28.5 Å². The Balaban J connectivity index is 0.000000676. The lowest BCUT2D eigenvalue weighted by molar-refractivity contribution is -0.145. The number of fused-ring (bicyclic) bond motifs is 1. The van der Waals surface area contributed by atoms with Gasteiger partial charge in [0.2, 0.25) is 38.1 Å². The molecular formula is C45H73FN7O6P. The minimum absolute atomic E-state index is 0.0230. The summed E-state index contributed by atoms with van der Waals surface area (Å²) in [7, 11) is -0.0399. The molecule has 4 saturated carbocycles. The molecule has 4 aliphatic carbocycles. The Kier molecular flexibility index (Phi) is 13.7. The molecule has 0 bridgehead atoms. The Labute approximate surface area is 358 Å². The van der Waals surface area contributed by atoms with Crippen LogP contribution in [0.1, 0.15) is 138 Å². The summed E-state index contributed by atoms with van der Waals surface area (Å²) >= 11 is 0. The molecule has 13 nitrogen and oxygen atoms in total. The van der Waals surface area contributed by atoms with Crippen LogP contribution < -0.4 is 21.7 Å². The summed E-state index contributed by atoms with van der Waals surface area (Å²) < 4.78 is 23.7. The molecule has 0 aromatic heterocycles. The fourth-order valence-electron chi connectivity index (χ4n) is 12.2. The first-order chi connectivity index (χ1) is 28.2. The second-order valence-electron chi connectivity index (χ2n) is 21.1. The predicted octanol–water partition coefficient (Wildman–Crippen LogP) is 5.43. The summed E-state index contributed by atoms with van der Waals surface area (Å²) in [6.45, 7) is 20.6. The number of nitrogens with one attached hydrogen (secondary N) is 3. The number of carbonyl (C=O) groups is 5. The normalized spacial score (nSPS) is 33.3. The first-order valence-corrected chi connectivity index (χ1v) is 23.6. The number of piperidine rings is 1. The third-order valence-electron chi connectivity index (χ3n) is 16.3. The van der Waals surface area contributed by atoms with Crippen molar-refractivity contribution in [2.75, 3.05) is 26.2 Å². The summed E-state index contributed by atoms with van der Waals surface area (Å²) in [4.78, 5) is 74.4. The maximum Gasteiger partial charge on any atom is 0.249 e. The molecule has 336 valence electrons. The van der Waals surface area contributed by atoms with Crippen LogP contribution in [0.2, 0.25) is 0 Å². The molecule has 5 amide bonds. The van der Waals surface area contributed by atoms with Crippen LogP contribution in [0, 0.1) is 33.5 Å². The highest BCUT2D eigenvalue weighted by Gasteiger charge is 2.85. The van der Waals surface area contributed by atoms with Gasteiger partial charge in [0.05, 0.1) is 6.04 Å². The molecule has 7 aliphatic rings. The molecule has 3 saturated heterocycles. The lowest BCUT2D eigenvalue weighted by Crippen LogP contribution is -2.63. The molecule has 0 radical (unpaired) electrons. The lowest BCUT2D eigenvalue weighted by Gasteiger charge is -2.40. The maximum absolute atomic E-state index is 15.0. The topological polar surface area (TPSA) is 174 Å². The third-order valence-corrected chi connectivity index (χ3v) is 16.9. The fraction of sp³-hybridized carbons (Fsp3) is 0.844. The number of primary amides is 1. The van der Waals surface area contributed by atoms with Crippen LogP contribution in [0.15, 0.2) is 12.7 Å². The second-order valence-corrected chi connectivity index (χ2v) is 21.8. The van der Waals surface area contributed by atoms with Crippen molar-refractivity contribution < 1.29 is 32.9 Å². The van der Waals surface area contributed by atoms with E-state index in [0.29, 0.717) is 38.9 Å². The van der Waals surface area contributed by atoms with Crippen LogP contribution in [0.4, 0.5) is 4.39 Å². The van der Waals surface area contributed by atoms with Gasteiger partial charge in [0.15, 0.2) is 0 Å². The number of hydrogen-bond acceptors (Lipinski definition) is 7. The van der Waals surface area contributed by atoms with E-state index >= 15 is 4.79 Å². The Morgan fingerprint density at radius 1 is 0.867 bits per heavy atom. The molecule has 7 fully saturated rings. The minimum Gasteiger partial charge on any atom is -0.368 e. The van der Waals surface area contributed by atoms with Crippen molar-refractivity contribution in [1.82, 2.24) is 30.4 Å². The van der Waals surface area contributed by atoms with Crippen LogP contribution in [0.3, 0.4) is 0 Å². The number of rotatable bonds is 12. The molecule has 7 rings (SSSR count). The molecule has 4 unspecified atom stereocenters. The van der Waals surface area contributed by atoms with Gasteiger partial charge in [-0.3, -0.25) is 33.4 Å². The first kappa shape index (κ1) is 46.5. The van der Waals surface area contributed by atoms with Crippen molar-refractivity contribution in [3.63, 3.8) is 0 Å². The first-order valence-electron chi connectivity index (χ1n) is 22.8. The van der Waals surface area contributed by atoms with E-state index in [1.165, 1.54) is 0 Å². The molecule has 60 heavy (non-hydrogen) atoms. The Hall–Kier alpha value is -2.96. The Morgan fingerprint density at radius 3 is 2.02 bits per heavy atom. The third kappa shape index (κ3) is 8.44. The van der Waals surface area contributed by atoms with Crippen molar-refractivity contribution in [2.45, 2.75) is 180 Å². The maximum atomic E-state index is 15.0. The summed E-state index contributed by atoms with van der Waals surface area (Å²) in [5.74, 6) is -2.00. The van der Waals surface area contributed by atoms with Gasteiger partial charge in [0.25, 0.3) is 0 Å². The molecule has 3 aliphatic heterocycles. The molecular weight excluding hydrogens is 785 g/mol. The van der Waals surface area contributed by atoms with Gasteiger partial charge in [0.1, 0.15) is 29.8 Å². The molecule has 2 spiro atoms. The van der Waals surface area contributed by atoms with Gasteiger partial charge in [0, 0.05) is 37.0 Å². The fourth-order valence-corrected chi connectivity index (χ4v) is 12.7. The van der Waals surface area contributed by atoms with Gasteiger partial charge in [-0.05, 0) is 100 Å². The average molecular weight is 858 g/mol.